The molecule has 2 aromatic rings. The molecule has 1 aliphatic rings. The van der Waals surface area contributed by atoms with E-state index in [2.05, 4.69) is 18.8 Å². The van der Waals surface area contributed by atoms with Crippen molar-refractivity contribution < 1.29 is 4.79 Å². The summed E-state index contributed by atoms with van der Waals surface area (Å²) in [5.41, 5.74) is 8.82. The maximum absolute atomic E-state index is 12.9. The second kappa shape index (κ2) is 4.70. The van der Waals surface area contributed by atoms with Crippen LogP contribution in [0.25, 0.3) is 10.2 Å². The Morgan fingerprint density at radius 3 is 2.76 bits per heavy atom. The molecule has 3 rings (SSSR count). The Morgan fingerprint density at radius 1 is 1.43 bits per heavy atom. The molecular formula is C16H21N3OS. The van der Waals surface area contributed by atoms with Crippen LogP contribution in [0.2, 0.25) is 0 Å². The maximum atomic E-state index is 12.9. The molecule has 0 bridgehead atoms. The molecule has 0 spiro atoms. The Balaban J connectivity index is 2.11. The largest absolute Gasteiger partial charge is 0.397 e. The van der Waals surface area contributed by atoms with Gasteiger partial charge in [-0.05, 0) is 52.2 Å². The van der Waals surface area contributed by atoms with Gasteiger partial charge >= 0.3 is 0 Å². The number of nitrogen functional groups attached to an aromatic ring is 1. The zero-order valence-electron chi connectivity index (χ0n) is 13.0. The average Bonchev–Trinajstić information content (AvgIpc) is 2.88. The zero-order chi connectivity index (χ0) is 15.4. The monoisotopic (exact) mass is 303 g/mol. The third-order valence-electron chi connectivity index (χ3n) is 4.36. The standard InChI is InChI=1S/C16H21N3OS/c1-9-8-10(2)18-14-11(9)12(17)13(21-14)15(20)19-7-5-6-16(19,3)4/h8H,5-7,17H2,1-4H3. The van der Waals surface area contributed by atoms with Gasteiger partial charge in [-0.3, -0.25) is 4.79 Å². The van der Waals surface area contributed by atoms with E-state index in [1.54, 1.807) is 0 Å². The van der Waals surface area contributed by atoms with Crippen molar-refractivity contribution in [1.82, 2.24) is 9.88 Å². The van der Waals surface area contributed by atoms with E-state index in [1.165, 1.54) is 11.3 Å². The minimum atomic E-state index is -0.0852. The molecule has 1 amide bonds. The topological polar surface area (TPSA) is 59.2 Å². The Bertz CT molecular complexity index is 733. The Labute approximate surface area is 129 Å². The minimum Gasteiger partial charge on any atom is -0.397 e. The van der Waals surface area contributed by atoms with Gasteiger partial charge in [-0.15, -0.1) is 11.3 Å². The summed E-state index contributed by atoms with van der Waals surface area (Å²) >= 11 is 1.42. The lowest BCUT2D eigenvalue weighted by Gasteiger charge is -2.31. The number of aryl methyl sites for hydroxylation is 2. The van der Waals surface area contributed by atoms with E-state index in [0.717, 1.165) is 40.9 Å². The molecule has 0 atom stereocenters. The fourth-order valence-electron chi connectivity index (χ4n) is 3.23. The highest BCUT2D eigenvalue weighted by atomic mass is 32.1. The first-order valence-electron chi connectivity index (χ1n) is 7.29. The van der Waals surface area contributed by atoms with Crippen LogP contribution in [0.3, 0.4) is 0 Å². The lowest BCUT2D eigenvalue weighted by atomic mass is 10.0. The summed E-state index contributed by atoms with van der Waals surface area (Å²) in [6, 6.07) is 2.01. The lowest BCUT2D eigenvalue weighted by molar-refractivity contribution is 0.0658. The van der Waals surface area contributed by atoms with Crippen LogP contribution >= 0.6 is 11.3 Å². The van der Waals surface area contributed by atoms with Crippen LogP contribution in [0.15, 0.2) is 6.07 Å². The first-order valence-corrected chi connectivity index (χ1v) is 8.11. The van der Waals surface area contributed by atoms with Crippen LogP contribution in [0.4, 0.5) is 5.69 Å². The first kappa shape index (κ1) is 14.3. The Hall–Kier alpha value is -1.62. The van der Waals surface area contributed by atoms with Crippen LogP contribution in [0, 0.1) is 13.8 Å². The van der Waals surface area contributed by atoms with Gasteiger partial charge in [0.25, 0.3) is 5.91 Å². The van der Waals surface area contributed by atoms with Crippen LogP contribution in [-0.2, 0) is 0 Å². The number of rotatable bonds is 1. The molecule has 21 heavy (non-hydrogen) atoms. The van der Waals surface area contributed by atoms with E-state index in [4.69, 9.17) is 5.73 Å². The van der Waals surface area contributed by atoms with Gasteiger partial charge in [-0.2, -0.15) is 0 Å². The third-order valence-corrected chi connectivity index (χ3v) is 5.45. The first-order chi connectivity index (χ1) is 9.81. The van der Waals surface area contributed by atoms with Crippen LogP contribution in [0.5, 0.6) is 0 Å². The summed E-state index contributed by atoms with van der Waals surface area (Å²) in [5, 5.41) is 0.936. The van der Waals surface area contributed by atoms with Crippen molar-refractivity contribution in [2.45, 2.75) is 46.1 Å². The number of amides is 1. The number of nitrogens with two attached hydrogens (primary N) is 1. The van der Waals surface area contributed by atoms with E-state index in [9.17, 15) is 4.79 Å². The molecule has 0 aliphatic carbocycles. The molecule has 1 saturated heterocycles. The van der Waals surface area contributed by atoms with Crippen molar-refractivity contribution in [2.75, 3.05) is 12.3 Å². The summed E-state index contributed by atoms with van der Waals surface area (Å²) in [6.45, 7) is 9.04. The van der Waals surface area contributed by atoms with Crippen LogP contribution in [-0.4, -0.2) is 27.9 Å². The van der Waals surface area contributed by atoms with Crippen molar-refractivity contribution in [1.29, 1.82) is 0 Å². The van der Waals surface area contributed by atoms with Gasteiger partial charge in [0.15, 0.2) is 0 Å². The minimum absolute atomic E-state index is 0.0510. The molecule has 2 N–H and O–H groups in total. The number of aromatic nitrogens is 1. The molecule has 4 nitrogen and oxygen atoms in total. The molecular weight excluding hydrogens is 282 g/mol. The Kier molecular flexibility index (Phi) is 3.20. The number of hydrogen-bond acceptors (Lipinski definition) is 4. The molecule has 1 fully saturated rings. The van der Waals surface area contributed by atoms with Gasteiger partial charge in [-0.25, -0.2) is 4.98 Å². The van der Waals surface area contributed by atoms with Gasteiger partial charge in [0.05, 0.1) is 5.69 Å². The SMILES string of the molecule is Cc1cc(C)c2c(N)c(C(=O)N3CCCC3(C)C)sc2n1. The van der Waals surface area contributed by atoms with E-state index >= 15 is 0 Å². The number of pyridine rings is 1. The molecule has 0 unspecified atom stereocenters. The predicted octanol–water partition coefficient (Wildman–Crippen LogP) is 3.51. The second-order valence-corrected chi connectivity index (χ2v) is 7.48. The van der Waals surface area contributed by atoms with Gasteiger partial charge in [0.2, 0.25) is 0 Å². The molecule has 0 aromatic carbocycles. The number of hydrogen-bond donors (Lipinski definition) is 1. The van der Waals surface area contributed by atoms with Crippen molar-refractivity contribution >= 4 is 33.1 Å². The fourth-order valence-corrected chi connectivity index (χ4v) is 4.40. The summed E-state index contributed by atoms with van der Waals surface area (Å²) in [7, 11) is 0. The molecule has 3 heterocycles. The van der Waals surface area contributed by atoms with Gasteiger partial charge in [-0.1, -0.05) is 0 Å². The number of thiophene rings is 1. The van der Waals surface area contributed by atoms with E-state index in [0.29, 0.717) is 10.6 Å². The number of nitrogens with zero attached hydrogens (tertiary/aromatic N) is 2. The van der Waals surface area contributed by atoms with Gasteiger partial charge < -0.3 is 10.6 Å². The number of fused-ring (bicyclic) bond motifs is 1. The predicted molar refractivity (Wildman–Crippen MR) is 87.9 cm³/mol. The Morgan fingerprint density at radius 2 is 2.14 bits per heavy atom. The highest BCUT2D eigenvalue weighted by Crippen LogP contribution is 2.38. The quantitative estimate of drug-likeness (QED) is 0.877. The van der Waals surface area contributed by atoms with Crippen LogP contribution < -0.4 is 5.73 Å². The molecule has 2 aromatic heterocycles. The average molecular weight is 303 g/mol. The van der Waals surface area contributed by atoms with Crippen LogP contribution in [0.1, 0.15) is 47.6 Å². The molecule has 5 heteroatoms. The van der Waals surface area contributed by atoms with Crippen molar-refractivity contribution in [2.24, 2.45) is 0 Å². The summed E-state index contributed by atoms with van der Waals surface area (Å²) < 4.78 is 0. The van der Waals surface area contributed by atoms with Gasteiger partial charge in [0.1, 0.15) is 9.71 Å². The van der Waals surface area contributed by atoms with E-state index in [-0.39, 0.29) is 11.4 Å². The number of anilines is 1. The highest BCUT2D eigenvalue weighted by Gasteiger charge is 2.37. The van der Waals surface area contributed by atoms with Gasteiger partial charge in [0, 0.05) is 23.2 Å². The molecule has 1 aliphatic heterocycles. The van der Waals surface area contributed by atoms with Crippen molar-refractivity contribution in [3.63, 3.8) is 0 Å². The summed E-state index contributed by atoms with van der Waals surface area (Å²) in [5.74, 6) is 0.0510. The number of likely N-dealkylation sites (tertiary alicyclic amines) is 1. The third kappa shape index (κ3) is 2.20. The maximum Gasteiger partial charge on any atom is 0.266 e. The van der Waals surface area contributed by atoms with Crippen molar-refractivity contribution in [3.8, 4) is 0 Å². The smallest absolute Gasteiger partial charge is 0.266 e. The summed E-state index contributed by atoms with van der Waals surface area (Å²) in [4.78, 5) is 20.9. The lowest BCUT2D eigenvalue weighted by Crippen LogP contribution is -2.42. The van der Waals surface area contributed by atoms with Crippen molar-refractivity contribution in [3.05, 3.63) is 22.2 Å². The molecule has 0 radical (unpaired) electrons. The summed E-state index contributed by atoms with van der Waals surface area (Å²) in [6.07, 6.45) is 2.10. The highest BCUT2D eigenvalue weighted by molar-refractivity contribution is 7.21. The normalized spacial score (nSPS) is 17.6. The zero-order valence-corrected chi connectivity index (χ0v) is 13.8. The molecule has 112 valence electrons. The fraction of sp³-hybridized carbons (Fsp3) is 0.500. The number of carbonyl (C=O) groups is 1. The molecule has 0 saturated carbocycles. The van der Waals surface area contributed by atoms with E-state index in [1.807, 2.05) is 24.8 Å². The van der Waals surface area contributed by atoms with E-state index < -0.39 is 0 Å². The number of carbonyl (C=O) groups excluding carboxylic acids is 1. The second-order valence-electron chi connectivity index (χ2n) is 6.48.